The minimum Gasteiger partial charge on any atom is -0.389 e. The maximum absolute atomic E-state index is 13.0. The standard InChI is InChI=1S/C14H15F3N2OS/c15-14(16,17)11-7-9(4-5-10(11)13(18)21)19-12(20)6-8-2-1-3-8/h4-5,7-8H,1-3,6H2,(H2,18,21)(H,19,20). The Labute approximate surface area is 125 Å². The van der Waals surface area contributed by atoms with Gasteiger partial charge in [0, 0.05) is 17.7 Å². The Morgan fingerprint density at radius 2 is 2.05 bits per heavy atom. The summed E-state index contributed by atoms with van der Waals surface area (Å²) in [5.74, 6) is 0.0823. The second-order valence-corrected chi connectivity index (χ2v) is 5.61. The number of nitrogens with two attached hydrogens (primary N) is 1. The fourth-order valence-electron chi connectivity index (χ4n) is 2.24. The summed E-state index contributed by atoms with van der Waals surface area (Å²) >= 11 is 4.62. The van der Waals surface area contributed by atoms with Gasteiger partial charge in [-0.05, 0) is 37.0 Å². The van der Waals surface area contributed by atoms with E-state index in [0.717, 1.165) is 25.3 Å². The Morgan fingerprint density at radius 1 is 1.38 bits per heavy atom. The molecule has 1 aromatic carbocycles. The molecule has 0 bridgehead atoms. The second kappa shape index (κ2) is 6.01. The minimum atomic E-state index is -4.58. The van der Waals surface area contributed by atoms with Gasteiger partial charge in [0.1, 0.15) is 4.99 Å². The molecular formula is C14H15F3N2OS. The van der Waals surface area contributed by atoms with Crippen LogP contribution in [0.3, 0.4) is 0 Å². The van der Waals surface area contributed by atoms with E-state index in [9.17, 15) is 18.0 Å². The average Bonchev–Trinajstić information content (AvgIpc) is 2.32. The van der Waals surface area contributed by atoms with Crippen molar-refractivity contribution in [1.82, 2.24) is 0 Å². The largest absolute Gasteiger partial charge is 0.417 e. The fourth-order valence-corrected chi connectivity index (χ4v) is 2.42. The summed E-state index contributed by atoms with van der Waals surface area (Å²) in [6, 6.07) is 3.43. The van der Waals surface area contributed by atoms with E-state index in [1.54, 1.807) is 0 Å². The van der Waals surface area contributed by atoms with Crippen LogP contribution in [0, 0.1) is 5.92 Å². The van der Waals surface area contributed by atoms with Crippen molar-refractivity contribution in [3.05, 3.63) is 29.3 Å². The number of alkyl halides is 3. The molecule has 114 valence electrons. The molecule has 0 atom stereocenters. The van der Waals surface area contributed by atoms with E-state index in [-0.39, 0.29) is 22.1 Å². The van der Waals surface area contributed by atoms with Gasteiger partial charge in [0.15, 0.2) is 0 Å². The van der Waals surface area contributed by atoms with E-state index in [2.05, 4.69) is 17.5 Å². The Balaban J connectivity index is 2.17. The number of amides is 1. The molecule has 1 fully saturated rings. The molecular weight excluding hydrogens is 301 g/mol. The molecule has 3 nitrogen and oxygen atoms in total. The molecule has 0 radical (unpaired) electrons. The number of anilines is 1. The molecule has 0 saturated heterocycles. The van der Waals surface area contributed by atoms with Crippen molar-refractivity contribution in [3.63, 3.8) is 0 Å². The van der Waals surface area contributed by atoms with Crippen molar-refractivity contribution in [1.29, 1.82) is 0 Å². The van der Waals surface area contributed by atoms with Gasteiger partial charge in [0.05, 0.1) is 5.56 Å². The number of carbonyl (C=O) groups is 1. The van der Waals surface area contributed by atoms with E-state index in [0.29, 0.717) is 12.3 Å². The number of hydrogen-bond donors (Lipinski definition) is 2. The van der Waals surface area contributed by atoms with Gasteiger partial charge >= 0.3 is 6.18 Å². The zero-order chi connectivity index (χ0) is 15.6. The van der Waals surface area contributed by atoms with Crippen LogP contribution in [0.4, 0.5) is 18.9 Å². The molecule has 1 aliphatic carbocycles. The van der Waals surface area contributed by atoms with Gasteiger partial charge in [-0.2, -0.15) is 13.2 Å². The number of rotatable bonds is 4. The molecule has 21 heavy (non-hydrogen) atoms. The third kappa shape index (κ3) is 3.93. The fraction of sp³-hybridized carbons (Fsp3) is 0.429. The highest BCUT2D eigenvalue weighted by molar-refractivity contribution is 7.80. The van der Waals surface area contributed by atoms with Crippen LogP contribution in [0.15, 0.2) is 18.2 Å². The summed E-state index contributed by atoms with van der Waals surface area (Å²) in [4.78, 5) is 11.4. The highest BCUT2D eigenvalue weighted by Gasteiger charge is 2.34. The predicted molar refractivity (Wildman–Crippen MR) is 77.9 cm³/mol. The van der Waals surface area contributed by atoms with Crippen LogP contribution in [-0.4, -0.2) is 10.9 Å². The highest BCUT2D eigenvalue weighted by atomic mass is 32.1. The smallest absolute Gasteiger partial charge is 0.389 e. The van der Waals surface area contributed by atoms with Gasteiger partial charge in [-0.15, -0.1) is 0 Å². The van der Waals surface area contributed by atoms with Crippen LogP contribution >= 0.6 is 12.2 Å². The summed E-state index contributed by atoms with van der Waals surface area (Å²) in [5, 5.41) is 2.50. The second-order valence-electron chi connectivity index (χ2n) is 5.17. The van der Waals surface area contributed by atoms with Crippen molar-refractivity contribution >= 4 is 28.8 Å². The zero-order valence-electron chi connectivity index (χ0n) is 11.2. The number of carbonyl (C=O) groups excluding carboxylic acids is 1. The van der Waals surface area contributed by atoms with Crippen LogP contribution in [-0.2, 0) is 11.0 Å². The van der Waals surface area contributed by atoms with Crippen LogP contribution < -0.4 is 11.1 Å². The van der Waals surface area contributed by atoms with E-state index in [1.807, 2.05) is 0 Å². The van der Waals surface area contributed by atoms with Gasteiger partial charge in [-0.1, -0.05) is 18.6 Å². The lowest BCUT2D eigenvalue weighted by Crippen LogP contribution is -2.22. The molecule has 0 heterocycles. The van der Waals surface area contributed by atoms with Gasteiger partial charge in [-0.3, -0.25) is 4.79 Å². The molecule has 7 heteroatoms. The van der Waals surface area contributed by atoms with Crippen LogP contribution in [0.1, 0.15) is 36.8 Å². The van der Waals surface area contributed by atoms with Crippen molar-refractivity contribution in [3.8, 4) is 0 Å². The minimum absolute atomic E-state index is 0.103. The maximum Gasteiger partial charge on any atom is 0.417 e. The number of halogens is 3. The molecule has 1 saturated carbocycles. The topological polar surface area (TPSA) is 55.1 Å². The molecule has 0 unspecified atom stereocenters. The summed E-state index contributed by atoms with van der Waals surface area (Å²) in [7, 11) is 0. The zero-order valence-corrected chi connectivity index (χ0v) is 12.0. The number of thiocarbonyl (C=S) groups is 1. The van der Waals surface area contributed by atoms with E-state index >= 15 is 0 Å². The molecule has 1 aliphatic rings. The summed E-state index contributed by atoms with van der Waals surface area (Å²) < 4.78 is 38.9. The van der Waals surface area contributed by atoms with Crippen molar-refractivity contribution in [2.24, 2.45) is 11.7 Å². The maximum atomic E-state index is 13.0. The van der Waals surface area contributed by atoms with Gasteiger partial charge in [0.25, 0.3) is 0 Å². The Bertz CT molecular complexity index is 568. The summed E-state index contributed by atoms with van der Waals surface area (Å²) in [6.07, 6.45) is -1.12. The third-order valence-corrected chi connectivity index (χ3v) is 3.79. The van der Waals surface area contributed by atoms with E-state index in [1.165, 1.54) is 12.1 Å². The number of benzene rings is 1. The molecule has 0 spiro atoms. The molecule has 3 N–H and O–H groups in total. The first-order valence-corrected chi connectivity index (χ1v) is 6.99. The lowest BCUT2D eigenvalue weighted by Gasteiger charge is -2.24. The predicted octanol–water partition coefficient (Wildman–Crippen LogP) is 3.47. The third-order valence-electron chi connectivity index (χ3n) is 3.57. The van der Waals surface area contributed by atoms with E-state index < -0.39 is 11.7 Å². The lowest BCUT2D eigenvalue weighted by molar-refractivity contribution is -0.137. The van der Waals surface area contributed by atoms with E-state index in [4.69, 9.17) is 5.73 Å². The summed E-state index contributed by atoms with van der Waals surface area (Å²) in [6.45, 7) is 0. The first-order chi connectivity index (χ1) is 9.77. The molecule has 2 rings (SSSR count). The van der Waals surface area contributed by atoms with Crippen LogP contribution in [0.2, 0.25) is 0 Å². The van der Waals surface area contributed by atoms with Gasteiger partial charge < -0.3 is 11.1 Å². The van der Waals surface area contributed by atoms with Gasteiger partial charge in [-0.25, -0.2) is 0 Å². The van der Waals surface area contributed by atoms with Gasteiger partial charge in [0.2, 0.25) is 5.91 Å². The normalized spacial score (nSPS) is 15.4. The molecule has 1 amide bonds. The first kappa shape index (κ1) is 15.8. The highest BCUT2D eigenvalue weighted by Crippen LogP contribution is 2.34. The Hall–Kier alpha value is -1.63. The van der Waals surface area contributed by atoms with Crippen molar-refractivity contribution in [2.45, 2.75) is 31.9 Å². The lowest BCUT2D eigenvalue weighted by atomic mass is 9.83. The number of hydrogen-bond acceptors (Lipinski definition) is 2. The SMILES string of the molecule is NC(=S)c1ccc(NC(=O)CC2CCC2)cc1C(F)(F)F. The molecule has 0 aromatic heterocycles. The Kier molecular flexibility index (Phi) is 4.51. The quantitative estimate of drug-likeness (QED) is 0.836. The summed E-state index contributed by atoms with van der Waals surface area (Å²) in [5.41, 5.74) is 4.23. The van der Waals surface area contributed by atoms with Crippen LogP contribution in [0.25, 0.3) is 0 Å². The molecule has 1 aromatic rings. The Morgan fingerprint density at radius 3 is 2.52 bits per heavy atom. The van der Waals surface area contributed by atoms with Crippen LogP contribution in [0.5, 0.6) is 0 Å². The molecule has 0 aliphatic heterocycles. The van der Waals surface area contributed by atoms with Crippen molar-refractivity contribution < 1.29 is 18.0 Å². The average molecular weight is 316 g/mol. The van der Waals surface area contributed by atoms with Crippen molar-refractivity contribution in [2.75, 3.05) is 5.32 Å². The first-order valence-electron chi connectivity index (χ1n) is 6.58. The number of nitrogens with one attached hydrogen (secondary N) is 1. The monoisotopic (exact) mass is 316 g/mol.